The topological polar surface area (TPSA) is 24.5 Å². The maximum Gasteiger partial charge on any atom is 0.391 e. The average molecular weight is 280 g/mol. The molecule has 0 aromatic heterocycles. The number of piperidine rings is 1. The van der Waals surface area contributed by atoms with Crippen LogP contribution in [-0.4, -0.2) is 38.0 Å². The molecule has 6 heteroatoms. The third-order valence-electron chi connectivity index (χ3n) is 3.59. The Hall–Kier alpha value is -0.910. The molecule has 1 rings (SSSR count). The second-order valence-corrected chi connectivity index (χ2v) is 4.84. The number of rotatable bonds is 5. The van der Waals surface area contributed by atoms with Crippen LogP contribution >= 0.6 is 0 Å². The molecule has 0 aromatic rings. The van der Waals surface area contributed by atoms with Crippen molar-refractivity contribution in [2.24, 2.45) is 5.92 Å². The third-order valence-corrected chi connectivity index (χ3v) is 3.59. The summed E-state index contributed by atoms with van der Waals surface area (Å²) in [5.74, 6) is -1.14. The number of likely N-dealkylation sites (tertiary alicyclic amines) is 1. The van der Waals surface area contributed by atoms with Gasteiger partial charge in [-0.1, -0.05) is 6.92 Å². The Bertz CT molecular complexity index is 308. The summed E-state index contributed by atoms with van der Waals surface area (Å²) in [5, 5.41) is 3.12. The molecule has 0 radical (unpaired) electrons. The van der Waals surface area contributed by atoms with Crippen molar-refractivity contribution < 1.29 is 17.9 Å². The predicted molar refractivity (Wildman–Crippen MR) is 68.4 cm³/mol. The number of nitrogens with one attached hydrogen (secondary N) is 1. The zero-order valence-electron chi connectivity index (χ0n) is 11.8. The Balaban J connectivity index is 2.61. The van der Waals surface area contributed by atoms with Crippen LogP contribution < -0.4 is 5.32 Å². The molecule has 0 amide bonds. The summed E-state index contributed by atoms with van der Waals surface area (Å²) in [7, 11) is 1.60. The molecule has 1 fully saturated rings. The van der Waals surface area contributed by atoms with Crippen molar-refractivity contribution in [2.45, 2.75) is 39.3 Å². The fraction of sp³-hybridized carbons (Fsp3) is 0.846. The highest BCUT2D eigenvalue weighted by Gasteiger charge is 2.41. The van der Waals surface area contributed by atoms with E-state index in [0.29, 0.717) is 19.8 Å². The molecule has 19 heavy (non-hydrogen) atoms. The number of ether oxygens (including phenoxy) is 1. The van der Waals surface area contributed by atoms with Gasteiger partial charge in [0.1, 0.15) is 6.73 Å². The summed E-state index contributed by atoms with van der Waals surface area (Å²) in [5.41, 5.74) is 2.06. The quantitative estimate of drug-likeness (QED) is 0.783. The first kappa shape index (κ1) is 16.1. The van der Waals surface area contributed by atoms with Crippen LogP contribution in [0.4, 0.5) is 13.2 Å². The van der Waals surface area contributed by atoms with Crippen LogP contribution in [0.25, 0.3) is 0 Å². The van der Waals surface area contributed by atoms with Gasteiger partial charge in [0, 0.05) is 31.6 Å². The van der Waals surface area contributed by atoms with Crippen LogP contribution in [0.3, 0.4) is 0 Å². The molecule has 112 valence electrons. The third kappa shape index (κ3) is 4.60. The molecule has 1 N–H and O–H groups in total. The van der Waals surface area contributed by atoms with Crippen molar-refractivity contribution >= 4 is 0 Å². The molecule has 0 bridgehead atoms. The fourth-order valence-corrected chi connectivity index (χ4v) is 2.49. The Morgan fingerprint density at radius 1 is 1.32 bits per heavy atom. The Morgan fingerprint density at radius 3 is 2.32 bits per heavy atom. The summed E-state index contributed by atoms with van der Waals surface area (Å²) in [6.45, 7) is 5.31. The van der Waals surface area contributed by atoms with E-state index in [-0.39, 0.29) is 12.8 Å². The van der Waals surface area contributed by atoms with Gasteiger partial charge >= 0.3 is 6.18 Å². The minimum absolute atomic E-state index is 0.185. The first-order valence-electron chi connectivity index (χ1n) is 6.64. The van der Waals surface area contributed by atoms with Crippen LogP contribution in [0.5, 0.6) is 0 Å². The van der Waals surface area contributed by atoms with E-state index in [1.165, 1.54) is 0 Å². The molecule has 1 aliphatic heterocycles. The number of methoxy groups -OCH3 is 1. The van der Waals surface area contributed by atoms with Gasteiger partial charge in [0.05, 0.1) is 5.92 Å². The number of nitrogens with zero attached hydrogens (tertiary/aromatic N) is 1. The molecule has 0 atom stereocenters. The first-order chi connectivity index (χ1) is 8.90. The summed E-state index contributed by atoms with van der Waals surface area (Å²) < 4.78 is 42.8. The number of hydrogen-bond acceptors (Lipinski definition) is 3. The van der Waals surface area contributed by atoms with E-state index in [1.54, 1.807) is 7.11 Å². The van der Waals surface area contributed by atoms with Crippen LogP contribution in [0.15, 0.2) is 11.4 Å². The monoisotopic (exact) mass is 280 g/mol. The van der Waals surface area contributed by atoms with Gasteiger partial charge in [-0.3, -0.25) is 0 Å². The summed E-state index contributed by atoms with van der Waals surface area (Å²) >= 11 is 0. The van der Waals surface area contributed by atoms with Crippen LogP contribution in [0.2, 0.25) is 0 Å². The molecule has 0 saturated carbocycles. The van der Waals surface area contributed by atoms with Crippen LogP contribution in [0.1, 0.15) is 33.1 Å². The highest BCUT2D eigenvalue weighted by Crippen LogP contribution is 2.35. The number of allylic oxidation sites excluding steroid dienone is 2. The summed E-state index contributed by atoms with van der Waals surface area (Å²) in [4.78, 5) is 2.06. The van der Waals surface area contributed by atoms with Gasteiger partial charge in [0.25, 0.3) is 0 Å². The maximum absolute atomic E-state index is 12.6. The van der Waals surface area contributed by atoms with Gasteiger partial charge in [0.2, 0.25) is 0 Å². The SMILES string of the molecule is CC/C(=C(\C)NCOC)N1CCC(C(F)(F)F)CC1. The zero-order chi connectivity index (χ0) is 14.5. The average Bonchev–Trinajstić information content (AvgIpc) is 2.37. The van der Waals surface area contributed by atoms with Gasteiger partial charge < -0.3 is 15.0 Å². The highest BCUT2D eigenvalue weighted by atomic mass is 19.4. The minimum Gasteiger partial charge on any atom is -0.373 e. The van der Waals surface area contributed by atoms with Crippen LogP contribution in [-0.2, 0) is 4.74 Å². The van der Waals surface area contributed by atoms with E-state index in [9.17, 15) is 13.2 Å². The van der Waals surface area contributed by atoms with Crippen molar-refractivity contribution in [2.75, 3.05) is 26.9 Å². The largest absolute Gasteiger partial charge is 0.391 e. The van der Waals surface area contributed by atoms with E-state index in [2.05, 4.69) is 10.2 Å². The highest BCUT2D eigenvalue weighted by molar-refractivity contribution is 5.10. The van der Waals surface area contributed by atoms with Crippen molar-refractivity contribution in [3.8, 4) is 0 Å². The van der Waals surface area contributed by atoms with Crippen molar-refractivity contribution in [3.05, 3.63) is 11.4 Å². The van der Waals surface area contributed by atoms with Crippen molar-refractivity contribution in [1.82, 2.24) is 10.2 Å². The fourth-order valence-electron chi connectivity index (χ4n) is 2.49. The van der Waals surface area contributed by atoms with E-state index < -0.39 is 12.1 Å². The summed E-state index contributed by atoms with van der Waals surface area (Å²) in [6, 6.07) is 0. The van der Waals surface area contributed by atoms with Crippen LogP contribution in [0, 0.1) is 5.92 Å². The van der Waals surface area contributed by atoms with E-state index >= 15 is 0 Å². The van der Waals surface area contributed by atoms with E-state index in [4.69, 9.17) is 4.74 Å². The lowest BCUT2D eigenvalue weighted by atomic mass is 9.95. The Morgan fingerprint density at radius 2 is 1.89 bits per heavy atom. The van der Waals surface area contributed by atoms with Crippen molar-refractivity contribution in [1.29, 1.82) is 0 Å². The van der Waals surface area contributed by atoms with Crippen molar-refractivity contribution in [3.63, 3.8) is 0 Å². The van der Waals surface area contributed by atoms with E-state index in [0.717, 1.165) is 17.8 Å². The number of hydrogen-bond donors (Lipinski definition) is 1. The minimum atomic E-state index is -4.05. The first-order valence-corrected chi connectivity index (χ1v) is 6.64. The standard InChI is InChI=1S/C13H23F3N2O/c1-4-12(10(2)17-9-19-3)18-7-5-11(6-8-18)13(14,15)16/h11,17H,4-9H2,1-3H3/b12-10-. The Labute approximate surface area is 112 Å². The number of halogens is 3. The molecular weight excluding hydrogens is 257 g/mol. The molecule has 1 saturated heterocycles. The summed E-state index contributed by atoms with van der Waals surface area (Å²) in [6.07, 6.45) is -2.88. The van der Waals surface area contributed by atoms with Gasteiger partial charge in [-0.2, -0.15) is 13.2 Å². The van der Waals surface area contributed by atoms with E-state index in [1.807, 2.05) is 13.8 Å². The zero-order valence-corrected chi connectivity index (χ0v) is 11.8. The predicted octanol–water partition coefficient (Wildman–Crippen LogP) is 3.10. The lowest BCUT2D eigenvalue weighted by molar-refractivity contribution is -0.184. The second-order valence-electron chi connectivity index (χ2n) is 4.84. The second kappa shape index (κ2) is 7.03. The lowest BCUT2D eigenvalue weighted by Gasteiger charge is -2.36. The van der Waals surface area contributed by atoms with Gasteiger partial charge in [-0.25, -0.2) is 0 Å². The lowest BCUT2D eigenvalue weighted by Crippen LogP contribution is -2.39. The van der Waals surface area contributed by atoms with Gasteiger partial charge in [-0.15, -0.1) is 0 Å². The molecule has 1 aliphatic rings. The smallest absolute Gasteiger partial charge is 0.373 e. The molecule has 0 aromatic carbocycles. The molecule has 0 spiro atoms. The van der Waals surface area contributed by atoms with Gasteiger partial charge in [0.15, 0.2) is 0 Å². The normalized spacial score (nSPS) is 19.4. The van der Waals surface area contributed by atoms with Gasteiger partial charge in [-0.05, 0) is 26.2 Å². The molecule has 0 unspecified atom stereocenters. The molecule has 0 aliphatic carbocycles. The number of alkyl halides is 3. The maximum atomic E-state index is 12.6. The Kier molecular flexibility index (Phi) is 5.97. The molecular formula is C13H23F3N2O. The molecule has 3 nitrogen and oxygen atoms in total. The molecule has 1 heterocycles.